The lowest BCUT2D eigenvalue weighted by Crippen LogP contribution is -2.28. The maximum absolute atomic E-state index is 10.7. The van der Waals surface area contributed by atoms with Gasteiger partial charge in [0.05, 0.1) is 10.7 Å². The number of carbonyl (C=O) groups is 2. The molecule has 4 nitrogen and oxygen atoms in total. The molecule has 6 heteroatoms. The molecule has 15 heavy (non-hydrogen) atoms. The van der Waals surface area contributed by atoms with Gasteiger partial charge in [-0.2, -0.15) is 0 Å². The van der Waals surface area contributed by atoms with Crippen LogP contribution in [0.4, 0.5) is 5.69 Å². The average Bonchev–Trinajstić information content (AvgIpc) is 2.14. The van der Waals surface area contributed by atoms with Gasteiger partial charge in [-0.3, -0.25) is 9.59 Å². The van der Waals surface area contributed by atoms with Crippen LogP contribution < -0.4 is 4.90 Å². The van der Waals surface area contributed by atoms with E-state index >= 15 is 0 Å². The summed E-state index contributed by atoms with van der Waals surface area (Å²) in [6.45, 7) is -0.412. The van der Waals surface area contributed by atoms with Crippen molar-refractivity contribution in [3.05, 3.63) is 27.7 Å². The molecule has 1 aromatic rings. The molecule has 1 N–H and O–H groups in total. The van der Waals surface area contributed by atoms with Gasteiger partial charge in [-0.15, -0.1) is 0 Å². The first kappa shape index (κ1) is 12.0. The molecule has 0 aliphatic rings. The quantitative estimate of drug-likeness (QED) is 0.865. The van der Waals surface area contributed by atoms with E-state index in [4.69, 9.17) is 16.7 Å². The number of hydrogen-bond donors (Lipinski definition) is 1. The maximum atomic E-state index is 10.7. The predicted molar refractivity (Wildman–Crippen MR) is 60.2 cm³/mol. The summed E-state index contributed by atoms with van der Waals surface area (Å²) in [6.07, 6.45) is 0.434. The summed E-state index contributed by atoms with van der Waals surface area (Å²) < 4.78 is 0.762. The van der Waals surface area contributed by atoms with Crippen LogP contribution in [0.15, 0.2) is 22.7 Å². The van der Waals surface area contributed by atoms with Crippen LogP contribution in [-0.2, 0) is 9.59 Å². The number of halogens is 2. The first-order valence-electron chi connectivity index (χ1n) is 3.93. The summed E-state index contributed by atoms with van der Waals surface area (Å²) in [5.41, 5.74) is 0.372. The molecule has 0 spiro atoms. The summed E-state index contributed by atoms with van der Waals surface area (Å²) in [5, 5.41) is 8.89. The van der Waals surface area contributed by atoms with E-state index in [1.54, 1.807) is 18.2 Å². The van der Waals surface area contributed by atoms with Gasteiger partial charge in [-0.25, -0.2) is 0 Å². The topological polar surface area (TPSA) is 57.6 Å². The number of carboxylic acid groups (broad SMARTS) is 1. The van der Waals surface area contributed by atoms with Gasteiger partial charge in [0.25, 0.3) is 0 Å². The van der Waals surface area contributed by atoms with Crippen LogP contribution in [0.1, 0.15) is 0 Å². The van der Waals surface area contributed by atoms with E-state index in [0.29, 0.717) is 17.1 Å². The highest BCUT2D eigenvalue weighted by Gasteiger charge is 2.12. The third-order valence-electron chi connectivity index (χ3n) is 1.65. The number of carboxylic acids is 1. The minimum Gasteiger partial charge on any atom is -0.480 e. The third kappa shape index (κ3) is 3.21. The van der Waals surface area contributed by atoms with E-state index in [2.05, 4.69) is 15.9 Å². The lowest BCUT2D eigenvalue weighted by molar-refractivity contribution is -0.136. The summed E-state index contributed by atoms with van der Waals surface area (Å²) in [6, 6.07) is 4.85. The van der Waals surface area contributed by atoms with Crippen molar-refractivity contribution in [3.8, 4) is 0 Å². The van der Waals surface area contributed by atoms with Crippen LogP contribution in [0.3, 0.4) is 0 Å². The normalized spacial score (nSPS) is 9.73. The fourth-order valence-electron chi connectivity index (χ4n) is 1.04. The SMILES string of the molecule is O=CN(CC(=O)O)c1ccc(Br)cc1Cl. The van der Waals surface area contributed by atoms with Crippen LogP contribution in [0.2, 0.25) is 5.02 Å². The Morgan fingerprint density at radius 2 is 2.27 bits per heavy atom. The van der Waals surface area contributed by atoms with Gasteiger partial charge < -0.3 is 10.0 Å². The molecule has 0 aromatic heterocycles. The van der Waals surface area contributed by atoms with E-state index in [0.717, 1.165) is 9.37 Å². The summed E-state index contributed by atoms with van der Waals surface area (Å²) in [5.74, 6) is -1.10. The Hall–Kier alpha value is -1.07. The molecule has 1 amide bonds. The predicted octanol–water partition coefficient (Wildman–Crippen LogP) is 2.15. The van der Waals surface area contributed by atoms with E-state index in [-0.39, 0.29) is 0 Å². The fraction of sp³-hybridized carbons (Fsp3) is 0.111. The number of amides is 1. The number of rotatable bonds is 4. The minimum atomic E-state index is -1.10. The summed E-state index contributed by atoms with van der Waals surface area (Å²) >= 11 is 9.07. The van der Waals surface area contributed by atoms with Crippen LogP contribution >= 0.6 is 27.5 Å². The van der Waals surface area contributed by atoms with Gasteiger partial charge in [0.2, 0.25) is 6.41 Å². The standard InChI is InChI=1S/C9H7BrClNO3/c10-6-1-2-8(7(11)3-6)12(5-13)4-9(14)15/h1-3,5H,4H2,(H,14,15). The van der Waals surface area contributed by atoms with Gasteiger partial charge in [-0.1, -0.05) is 27.5 Å². The first-order chi connectivity index (χ1) is 7.04. The fourth-order valence-corrected chi connectivity index (χ4v) is 1.82. The Kier molecular flexibility index (Phi) is 4.11. The lowest BCUT2D eigenvalue weighted by atomic mass is 10.3. The summed E-state index contributed by atoms with van der Waals surface area (Å²) in [4.78, 5) is 22.2. The molecule has 0 radical (unpaired) electrons. The second kappa shape index (κ2) is 5.14. The van der Waals surface area contributed by atoms with Crippen molar-refractivity contribution in [3.63, 3.8) is 0 Å². The molecular weight excluding hydrogens is 285 g/mol. The Morgan fingerprint density at radius 1 is 1.60 bits per heavy atom. The van der Waals surface area contributed by atoms with Crippen molar-refractivity contribution in [2.45, 2.75) is 0 Å². The highest BCUT2D eigenvalue weighted by Crippen LogP contribution is 2.28. The molecule has 1 aromatic carbocycles. The number of aliphatic carboxylic acids is 1. The molecule has 0 saturated heterocycles. The lowest BCUT2D eigenvalue weighted by Gasteiger charge is -2.16. The number of anilines is 1. The largest absolute Gasteiger partial charge is 0.480 e. The van der Waals surface area contributed by atoms with E-state index in [1.807, 2.05) is 0 Å². The molecule has 0 atom stereocenters. The molecule has 80 valence electrons. The van der Waals surface area contributed by atoms with Gasteiger partial charge in [0.1, 0.15) is 6.54 Å². The van der Waals surface area contributed by atoms with E-state index < -0.39 is 12.5 Å². The molecule has 0 unspecified atom stereocenters. The molecular formula is C9H7BrClNO3. The Morgan fingerprint density at radius 3 is 2.73 bits per heavy atom. The van der Waals surface area contributed by atoms with E-state index in [1.165, 1.54) is 0 Å². The molecule has 0 bridgehead atoms. The smallest absolute Gasteiger partial charge is 0.323 e. The molecule has 0 aliphatic heterocycles. The minimum absolute atomic E-state index is 0.317. The number of carbonyl (C=O) groups excluding carboxylic acids is 1. The Balaban J connectivity index is 3.01. The van der Waals surface area contributed by atoms with Crippen molar-refractivity contribution in [1.82, 2.24) is 0 Å². The first-order valence-corrected chi connectivity index (χ1v) is 5.10. The van der Waals surface area contributed by atoms with Gasteiger partial charge in [0.15, 0.2) is 0 Å². The van der Waals surface area contributed by atoms with Crippen molar-refractivity contribution >= 4 is 45.6 Å². The molecule has 0 heterocycles. The van der Waals surface area contributed by atoms with E-state index in [9.17, 15) is 9.59 Å². The number of hydrogen-bond acceptors (Lipinski definition) is 2. The molecule has 1 rings (SSSR count). The van der Waals surface area contributed by atoms with Crippen molar-refractivity contribution < 1.29 is 14.7 Å². The second-order valence-electron chi connectivity index (χ2n) is 2.72. The highest BCUT2D eigenvalue weighted by atomic mass is 79.9. The van der Waals surface area contributed by atoms with Crippen LogP contribution in [0.5, 0.6) is 0 Å². The van der Waals surface area contributed by atoms with Gasteiger partial charge in [-0.05, 0) is 18.2 Å². The Bertz CT molecular complexity index is 397. The highest BCUT2D eigenvalue weighted by molar-refractivity contribution is 9.10. The monoisotopic (exact) mass is 291 g/mol. The van der Waals surface area contributed by atoms with Crippen LogP contribution in [0.25, 0.3) is 0 Å². The van der Waals surface area contributed by atoms with Crippen molar-refractivity contribution in [1.29, 1.82) is 0 Å². The zero-order valence-corrected chi connectivity index (χ0v) is 9.83. The van der Waals surface area contributed by atoms with Crippen LogP contribution in [0, 0.1) is 0 Å². The number of nitrogens with zero attached hydrogens (tertiary/aromatic N) is 1. The zero-order chi connectivity index (χ0) is 11.4. The zero-order valence-electron chi connectivity index (χ0n) is 7.48. The van der Waals surface area contributed by atoms with Crippen LogP contribution in [-0.4, -0.2) is 24.0 Å². The van der Waals surface area contributed by atoms with Crippen molar-refractivity contribution in [2.24, 2.45) is 0 Å². The third-order valence-corrected chi connectivity index (χ3v) is 2.45. The second-order valence-corrected chi connectivity index (χ2v) is 4.05. The Labute approximate surface area is 99.6 Å². The molecule has 0 aliphatic carbocycles. The van der Waals surface area contributed by atoms with Gasteiger partial charge >= 0.3 is 5.97 Å². The maximum Gasteiger partial charge on any atom is 0.323 e. The van der Waals surface area contributed by atoms with Crippen molar-refractivity contribution in [2.75, 3.05) is 11.4 Å². The number of benzene rings is 1. The van der Waals surface area contributed by atoms with Gasteiger partial charge in [0, 0.05) is 4.47 Å². The average molecular weight is 293 g/mol. The summed E-state index contributed by atoms with van der Waals surface area (Å²) in [7, 11) is 0. The molecule has 0 fully saturated rings. The molecule has 0 saturated carbocycles.